The van der Waals surface area contributed by atoms with Gasteiger partial charge in [0.25, 0.3) is 0 Å². The third kappa shape index (κ3) is 3.34. The van der Waals surface area contributed by atoms with Crippen molar-refractivity contribution in [3.63, 3.8) is 0 Å². The zero-order valence-corrected chi connectivity index (χ0v) is 10.4. The van der Waals surface area contributed by atoms with E-state index in [1.54, 1.807) is 0 Å². The van der Waals surface area contributed by atoms with Crippen molar-refractivity contribution in [1.29, 1.82) is 0 Å². The molecule has 0 aromatic heterocycles. The SMILES string of the molecule is NC(=S)c1cc(F)c(N(CCO)CCO)c(F)c1. The molecule has 1 aromatic carbocycles. The maximum absolute atomic E-state index is 13.8. The first-order valence-corrected chi connectivity index (χ1v) is 5.67. The molecular formula is C11H14F2N2O2S. The molecule has 0 radical (unpaired) electrons. The molecular weight excluding hydrogens is 262 g/mol. The van der Waals surface area contributed by atoms with E-state index in [2.05, 4.69) is 12.2 Å². The molecule has 0 heterocycles. The van der Waals surface area contributed by atoms with Crippen LogP contribution in [-0.2, 0) is 0 Å². The Morgan fingerprint density at radius 2 is 1.61 bits per heavy atom. The molecule has 0 aliphatic rings. The van der Waals surface area contributed by atoms with Crippen LogP contribution in [0.5, 0.6) is 0 Å². The van der Waals surface area contributed by atoms with Crippen LogP contribution in [0.25, 0.3) is 0 Å². The molecule has 0 fully saturated rings. The number of nitrogens with zero attached hydrogens (tertiary/aromatic N) is 1. The Morgan fingerprint density at radius 3 is 1.94 bits per heavy atom. The molecule has 0 bridgehead atoms. The van der Waals surface area contributed by atoms with E-state index >= 15 is 0 Å². The minimum absolute atomic E-state index is 0.0147. The number of rotatable bonds is 6. The molecule has 0 unspecified atom stereocenters. The maximum Gasteiger partial charge on any atom is 0.150 e. The molecule has 0 saturated heterocycles. The van der Waals surface area contributed by atoms with Gasteiger partial charge < -0.3 is 20.8 Å². The average molecular weight is 276 g/mol. The fraction of sp³-hybridized carbons (Fsp3) is 0.364. The van der Waals surface area contributed by atoms with Gasteiger partial charge in [-0.25, -0.2) is 8.78 Å². The summed E-state index contributed by atoms with van der Waals surface area (Å²) in [5, 5.41) is 17.7. The monoisotopic (exact) mass is 276 g/mol. The van der Waals surface area contributed by atoms with Crippen LogP contribution in [0.1, 0.15) is 5.56 Å². The fourth-order valence-corrected chi connectivity index (χ4v) is 1.70. The summed E-state index contributed by atoms with van der Waals surface area (Å²) >= 11 is 4.64. The van der Waals surface area contributed by atoms with E-state index in [4.69, 9.17) is 15.9 Å². The second-order valence-corrected chi connectivity index (χ2v) is 4.03. The summed E-state index contributed by atoms with van der Waals surface area (Å²) in [5.41, 5.74) is 5.09. The van der Waals surface area contributed by atoms with Crippen molar-refractivity contribution < 1.29 is 19.0 Å². The van der Waals surface area contributed by atoms with Gasteiger partial charge >= 0.3 is 0 Å². The fourth-order valence-electron chi connectivity index (χ4n) is 1.59. The molecule has 100 valence electrons. The summed E-state index contributed by atoms with van der Waals surface area (Å²) in [4.78, 5) is 1.11. The highest BCUT2D eigenvalue weighted by atomic mass is 32.1. The molecule has 18 heavy (non-hydrogen) atoms. The lowest BCUT2D eigenvalue weighted by Crippen LogP contribution is -2.31. The van der Waals surface area contributed by atoms with Gasteiger partial charge in [-0.05, 0) is 12.1 Å². The van der Waals surface area contributed by atoms with Crippen LogP contribution in [-0.4, -0.2) is 41.5 Å². The quantitative estimate of drug-likeness (QED) is 0.656. The van der Waals surface area contributed by atoms with Crippen LogP contribution >= 0.6 is 12.2 Å². The highest BCUT2D eigenvalue weighted by Gasteiger charge is 2.18. The lowest BCUT2D eigenvalue weighted by atomic mass is 10.1. The van der Waals surface area contributed by atoms with Crippen LogP contribution in [0.15, 0.2) is 12.1 Å². The number of nitrogens with two attached hydrogens (primary N) is 1. The van der Waals surface area contributed by atoms with Crippen molar-refractivity contribution in [3.8, 4) is 0 Å². The highest BCUT2D eigenvalue weighted by molar-refractivity contribution is 7.80. The molecule has 0 aliphatic carbocycles. The van der Waals surface area contributed by atoms with Gasteiger partial charge in [0.1, 0.15) is 22.3 Å². The van der Waals surface area contributed by atoms with Crippen molar-refractivity contribution in [1.82, 2.24) is 0 Å². The van der Waals surface area contributed by atoms with Gasteiger partial charge in [-0.15, -0.1) is 0 Å². The number of aliphatic hydroxyl groups excluding tert-OH is 2. The maximum atomic E-state index is 13.8. The highest BCUT2D eigenvalue weighted by Crippen LogP contribution is 2.24. The third-order valence-electron chi connectivity index (χ3n) is 2.36. The topological polar surface area (TPSA) is 69.7 Å². The van der Waals surface area contributed by atoms with E-state index in [1.807, 2.05) is 0 Å². The van der Waals surface area contributed by atoms with Crippen molar-refractivity contribution in [2.24, 2.45) is 5.73 Å². The van der Waals surface area contributed by atoms with E-state index in [-0.39, 0.29) is 42.5 Å². The number of hydrogen-bond acceptors (Lipinski definition) is 4. The molecule has 0 saturated carbocycles. The Labute approximate surface area is 109 Å². The summed E-state index contributed by atoms with van der Waals surface area (Å²) in [7, 11) is 0. The smallest absolute Gasteiger partial charge is 0.150 e. The number of halogens is 2. The van der Waals surface area contributed by atoms with Crippen LogP contribution in [0.3, 0.4) is 0 Å². The van der Waals surface area contributed by atoms with Crippen molar-refractivity contribution in [3.05, 3.63) is 29.3 Å². The standard InChI is InChI=1S/C11H14F2N2O2S/c12-8-5-7(11(14)18)6-9(13)10(8)15(1-3-16)2-4-17/h5-6,16-17H,1-4H2,(H2,14,18). The van der Waals surface area contributed by atoms with Crippen LogP contribution in [0.4, 0.5) is 14.5 Å². The Hall–Kier alpha value is -1.31. The Bertz CT molecular complexity index is 414. The summed E-state index contributed by atoms with van der Waals surface area (Å²) in [6.45, 7) is -0.534. The van der Waals surface area contributed by atoms with E-state index in [0.29, 0.717) is 0 Å². The minimum atomic E-state index is -0.834. The molecule has 0 aliphatic heterocycles. The van der Waals surface area contributed by atoms with Crippen LogP contribution < -0.4 is 10.6 Å². The van der Waals surface area contributed by atoms with Gasteiger partial charge in [-0.2, -0.15) is 0 Å². The van der Waals surface area contributed by atoms with Gasteiger partial charge in [-0.3, -0.25) is 0 Å². The normalized spacial score (nSPS) is 10.4. The van der Waals surface area contributed by atoms with Gasteiger partial charge in [-0.1, -0.05) is 12.2 Å². The summed E-state index contributed by atoms with van der Waals surface area (Å²) in [6, 6.07) is 2.06. The molecule has 1 rings (SSSR count). The second kappa shape index (κ2) is 6.58. The Balaban J connectivity index is 3.18. The van der Waals surface area contributed by atoms with Crippen molar-refractivity contribution >= 4 is 22.9 Å². The molecule has 4 nitrogen and oxygen atoms in total. The number of thiocarbonyl (C=S) groups is 1. The van der Waals surface area contributed by atoms with Gasteiger partial charge in [0.05, 0.1) is 13.2 Å². The molecule has 0 amide bonds. The molecule has 4 N–H and O–H groups in total. The van der Waals surface area contributed by atoms with Crippen molar-refractivity contribution in [2.45, 2.75) is 0 Å². The first-order chi connectivity index (χ1) is 8.51. The Morgan fingerprint density at radius 1 is 1.17 bits per heavy atom. The number of hydrogen-bond donors (Lipinski definition) is 3. The second-order valence-electron chi connectivity index (χ2n) is 3.59. The first-order valence-electron chi connectivity index (χ1n) is 5.26. The number of aliphatic hydroxyl groups is 2. The predicted molar refractivity (Wildman–Crippen MR) is 68.6 cm³/mol. The molecule has 1 aromatic rings. The van der Waals surface area contributed by atoms with Gasteiger partial charge in [0.2, 0.25) is 0 Å². The van der Waals surface area contributed by atoms with E-state index in [1.165, 1.54) is 4.90 Å². The first kappa shape index (κ1) is 14.7. The van der Waals surface area contributed by atoms with E-state index in [0.717, 1.165) is 12.1 Å². The minimum Gasteiger partial charge on any atom is -0.395 e. The zero-order chi connectivity index (χ0) is 13.7. The van der Waals surface area contributed by atoms with E-state index < -0.39 is 11.6 Å². The summed E-state index contributed by atoms with van der Waals surface area (Å²) in [6.07, 6.45) is 0. The predicted octanol–water partition coefficient (Wildman–Crippen LogP) is 0.390. The molecule has 7 heteroatoms. The molecule has 0 spiro atoms. The van der Waals surface area contributed by atoms with Crippen LogP contribution in [0, 0.1) is 11.6 Å². The summed E-state index contributed by atoms with van der Waals surface area (Å²) < 4.78 is 27.6. The van der Waals surface area contributed by atoms with Crippen molar-refractivity contribution in [2.75, 3.05) is 31.2 Å². The van der Waals surface area contributed by atoms with E-state index in [9.17, 15) is 8.78 Å². The lowest BCUT2D eigenvalue weighted by Gasteiger charge is -2.24. The Kier molecular flexibility index (Phi) is 5.39. The van der Waals surface area contributed by atoms with Crippen LogP contribution in [0.2, 0.25) is 0 Å². The molecule has 0 atom stereocenters. The van der Waals surface area contributed by atoms with Gasteiger partial charge in [0, 0.05) is 18.7 Å². The van der Waals surface area contributed by atoms with Gasteiger partial charge in [0.15, 0.2) is 0 Å². The third-order valence-corrected chi connectivity index (χ3v) is 2.59. The lowest BCUT2D eigenvalue weighted by molar-refractivity contribution is 0.280. The summed E-state index contributed by atoms with van der Waals surface area (Å²) in [5.74, 6) is -1.67. The average Bonchev–Trinajstić information content (AvgIpc) is 2.28. The number of benzene rings is 1. The number of anilines is 1. The largest absolute Gasteiger partial charge is 0.395 e. The zero-order valence-electron chi connectivity index (χ0n) is 9.57.